The summed E-state index contributed by atoms with van der Waals surface area (Å²) in [5, 5.41) is 10.1. The van der Waals surface area contributed by atoms with Crippen LogP contribution in [0.3, 0.4) is 0 Å². The van der Waals surface area contributed by atoms with Gasteiger partial charge in [-0.15, -0.1) is 11.8 Å². The van der Waals surface area contributed by atoms with Crippen LogP contribution >= 0.6 is 11.8 Å². The number of anilines is 1. The van der Waals surface area contributed by atoms with Crippen LogP contribution < -0.4 is 4.90 Å². The average Bonchev–Trinajstić information content (AvgIpc) is 2.67. The highest BCUT2D eigenvalue weighted by Crippen LogP contribution is 2.26. The van der Waals surface area contributed by atoms with Crippen LogP contribution in [0.4, 0.5) is 11.4 Å². The maximum atomic E-state index is 12.4. The molecular weight excluding hydrogens is 368 g/mol. The molecule has 0 aliphatic heterocycles. The number of rotatable bonds is 7. The predicted octanol–water partition coefficient (Wildman–Crippen LogP) is 3.67. The molecule has 2 rings (SSSR count). The van der Waals surface area contributed by atoms with E-state index in [1.165, 1.54) is 35.7 Å². The average molecular weight is 388 g/mol. The molecule has 0 aliphatic rings. The number of thioether (sulfide) groups is 1. The number of benzene rings is 2. The minimum Gasteiger partial charge on any atom is -0.452 e. The topological polar surface area (TPSA) is 89.7 Å². The summed E-state index contributed by atoms with van der Waals surface area (Å²) in [6.45, 7) is 3.19. The van der Waals surface area contributed by atoms with Gasteiger partial charge in [-0.3, -0.25) is 19.7 Å². The van der Waals surface area contributed by atoms with Crippen LogP contribution in [0.1, 0.15) is 13.8 Å². The molecule has 2 aromatic rings. The minimum atomic E-state index is -0.928. The molecule has 0 aromatic heterocycles. The number of likely N-dealkylation sites (N-methyl/N-ethyl adjacent to an activating group) is 1. The Morgan fingerprint density at radius 3 is 2.22 bits per heavy atom. The molecule has 0 bridgehead atoms. The molecule has 27 heavy (non-hydrogen) atoms. The van der Waals surface area contributed by atoms with E-state index in [1.807, 2.05) is 18.2 Å². The molecule has 0 saturated carbocycles. The monoisotopic (exact) mass is 388 g/mol. The smallest absolute Gasteiger partial charge is 0.319 e. The van der Waals surface area contributed by atoms with E-state index in [1.54, 1.807) is 38.2 Å². The Morgan fingerprint density at radius 1 is 1.07 bits per heavy atom. The summed E-state index contributed by atoms with van der Waals surface area (Å²) >= 11 is 1.21. The molecule has 0 heterocycles. The van der Waals surface area contributed by atoms with E-state index >= 15 is 0 Å². The lowest BCUT2D eigenvalue weighted by Gasteiger charge is -2.22. The highest BCUT2D eigenvalue weighted by atomic mass is 32.2. The van der Waals surface area contributed by atoms with Gasteiger partial charge in [-0.05, 0) is 38.1 Å². The number of carbonyl (C=O) groups excluding carboxylic acids is 2. The number of non-ortho nitro benzene ring substituents is 1. The lowest BCUT2D eigenvalue weighted by atomic mass is 10.2. The van der Waals surface area contributed by atoms with Crippen LogP contribution in [-0.4, -0.2) is 35.2 Å². The highest BCUT2D eigenvalue weighted by molar-refractivity contribution is 8.00. The van der Waals surface area contributed by atoms with E-state index < -0.39 is 22.2 Å². The number of nitro benzene ring substituents is 1. The number of hydrogen-bond acceptors (Lipinski definition) is 6. The summed E-state index contributed by atoms with van der Waals surface area (Å²) in [5.74, 6) is -0.859. The third-order valence-electron chi connectivity index (χ3n) is 3.81. The number of hydrogen-bond donors (Lipinski definition) is 0. The zero-order valence-electron chi connectivity index (χ0n) is 15.2. The molecule has 142 valence electrons. The van der Waals surface area contributed by atoms with Crippen LogP contribution in [0.2, 0.25) is 0 Å². The van der Waals surface area contributed by atoms with Crippen molar-refractivity contribution in [1.82, 2.24) is 0 Å². The Labute approximate surface area is 161 Å². The summed E-state index contributed by atoms with van der Waals surface area (Å²) in [4.78, 5) is 37.0. The Kier molecular flexibility index (Phi) is 6.95. The van der Waals surface area contributed by atoms with E-state index in [-0.39, 0.29) is 11.6 Å². The molecule has 0 N–H and O–H groups in total. The van der Waals surface area contributed by atoms with Crippen LogP contribution in [0, 0.1) is 10.1 Å². The Hall–Kier alpha value is -2.87. The molecule has 1 amide bonds. The fourth-order valence-electron chi connectivity index (χ4n) is 2.27. The molecule has 7 nitrogen and oxygen atoms in total. The quantitative estimate of drug-likeness (QED) is 0.311. The van der Waals surface area contributed by atoms with Crippen LogP contribution in [0.25, 0.3) is 0 Å². The lowest BCUT2D eigenvalue weighted by Crippen LogP contribution is -2.38. The third kappa shape index (κ3) is 5.55. The summed E-state index contributed by atoms with van der Waals surface area (Å²) in [5.41, 5.74) is 0.691. The van der Waals surface area contributed by atoms with Gasteiger partial charge >= 0.3 is 5.97 Å². The first-order valence-corrected chi connectivity index (χ1v) is 9.11. The molecule has 8 heteroatoms. The second-order valence-corrected chi connectivity index (χ2v) is 7.24. The second-order valence-electron chi connectivity index (χ2n) is 5.82. The normalized spacial score (nSPS) is 12.7. The maximum Gasteiger partial charge on any atom is 0.319 e. The molecule has 0 radical (unpaired) electrons. The number of para-hydroxylation sites is 1. The Bertz CT molecular complexity index is 811. The molecule has 0 aliphatic carbocycles. The molecule has 2 aromatic carbocycles. The maximum absolute atomic E-state index is 12.4. The van der Waals surface area contributed by atoms with Gasteiger partial charge in [0.15, 0.2) is 6.10 Å². The third-order valence-corrected chi connectivity index (χ3v) is 4.90. The fraction of sp³-hybridized carbons (Fsp3) is 0.263. The van der Waals surface area contributed by atoms with Crippen molar-refractivity contribution in [2.75, 3.05) is 11.9 Å². The molecule has 0 spiro atoms. The summed E-state index contributed by atoms with van der Waals surface area (Å²) in [7, 11) is 1.62. The van der Waals surface area contributed by atoms with Gasteiger partial charge < -0.3 is 9.64 Å². The number of carbonyl (C=O) groups is 2. The van der Waals surface area contributed by atoms with Crippen LogP contribution in [0.15, 0.2) is 59.5 Å². The van der Waals surface area contributed by atoms with E-state index in [0.717, 1.165) is 0 Å². The largest absolute Gasteiger partial charge is 0.452 e. The zero-order valence-corrected chi connectivity index (χ0v) is 16.0. The van der Waals surface area contributed by atoms with Crippen molar-refractivity contribution in [3.05, 3.63) is 64.7 Å². The van der Waals surface area contributed by atoms with E-state index in [0.29, 0.717) is 10.6 Å². The Morgan fingerprint density at radius 2 is 1.67 bits per heavy atom. The first-order chi connectivity index (χ1) is 12.8. The lowest BCUT2D eigenvalue weighted by molar-refractivity contribution is -0.384. The van der Waals surface area contributed by atoms with Gasteiger partial charge in [0.25, 0.3) is 11.6 Å². The molecule has 0 saturated heterocycles. The molecular formula is C19H20N2O5S. The zero-order chi connectivity index (χ0) is 20.0. The van der Waals surface area contributed by atoms with Crippen molar-refractivity contribution in [2.24, 2.45) is 0 Å². The summed E-state index contributed by atoms with van der Waals surface area (Å²) in [6, 6.07) is 15.0. The van der Waals surface area contributed by atoms with Crippen molar-refractivity contribution in [2.45, 2.75) is 30.1 Å². The molecule has 0 fully saturated rings. The fourth-order valence-corrected chi connectivity index (χ4v) is 3.12. The van der Waals surface area contributed by atoms with Crippen LogP contribution in [-0.2, 0) is 14.3 Å². The van der Waals surface area contributed by atoms with Gasteiger partial charge in [-0.1, -0.05) is 18.2 Å². The van der Waals surface area contributed by atoms with Gasteiger partial charge in [0.2, 0.25) is 0 Å². The van der Waals surface area contributed by atoms with Crippen molar-refractivity contribution in [3.63, 3.8) is 0 Å². The minimum absolute atomic E-state index is 0.0160. The van der Waals surface area contributed by atoms with Gasteiger partial charge in [0.1, 0.15) is 5.25 Å². The van der Waals surface area contributed by atoms with Gasteiger partial charge in [-0.25, -0.2) is 0 Å². The second kappa shape index (κ2) is 9.18. The van der Waals surface area contributed by atoms with E-state index in [2.05, 4.69) is 0 Å². The van der Waals surface area contributed by atoms with Gasteiger partial charge in [0, 0.05) is 29.8 Å². The number of amides is 1. The number of nitro groups is 1. The number of esters is 1. The number of ether oxygens (including phenoxy) is 1. The van der Waals surface area contributed by atoms with Gasteiger partial charge in [0.05, 0.1) is 4.92 Å². The first kappa shape index (κ1) is 20.4. The van der Waals surface area contributed by atoms with Crippen molar-refractivity contribution < 1.29 is 19.2 Å². The molecule has 2 unspecified atom stereocenters. The highest BCUT2D eigenvalue weighted by Gasteiger charge is 2.25. The number of nitrogens with zero attached hydrogens (tertiary/aromatic N) is 2. The van der Waals surface area contributed by atoms with Crippen molar-refractivity contribution in [3.8, 4) is 0 Å². The standard InChI is InChI=1S/C19H20N2O5S/c1-13(18(22)20(3)15-7-5-4-6-8-15)26-19(23)14(2)27-17-11-9-16(10-12-17)21(24)25/h4-14H,1-3H3. The Balaban J connectivity index is 1.92. The van der Waals surface area contributed by atoms with Gasteiger partial charge in [-0.2, -0.15) is 0 Å². The summed E-state index contributed by atoms with van der Waals surface area (Å²) < 4.78 is 5.29. The van der Waals surface area contributed by atoms with E-state index in [4.69, 9.17) is 4.74 Å². The van der Waals surface area contributed by atoms with Crippen molar-refractivity contribution >= 4 is 35.0 Å². The van der Waals surface area contributed by atoms with Crippen LogP contribution in [0.5, 0.6) is 0 Å². The summed E-state index contributed by atoms with van der Waals surface area (Å²) in [6.07, 6.45) is -0.928. The first-order valence-electron chi connectivity index (χ1n) is 8.24. The predicted molar refractivity (Wildman–Crippen MR) is 104 cm³/mol. The van der Waals surface area contributed by atoms with Crippen molar-refractivity contribution in [1.29, 1.82) is 0 Å². The SMILES string of the molecule is CC(OC(=O)C(C)Sc1ccc([N+](=O)[O-])cc1)C(=O)N(C)c1ccccc1. The van der Waals surface area contributed by atoms with E-state index in [9.17, 15) is 19.7 Å². The molecule has 2 atom stereocenters.